The summed E-state index contributed by atoms with van der Waals surface area (Å²) < 4.78 is 30.7. The molecule has 2 atom stereocenters. The Morgan fingerprint density at radius 3 is 1.17 bits per heavy atom. The zero-order chi connectivity index (χ0) is 16.6. The van der Waals surface area contributed by atoms with Gasteiger partial charge in [0.05, 0.1) is 0 Å². The largest absolute Gasteiger partial charge is 2.00 e. The fraction of sp³-hybridized carbons (Fsp3) is 0.143. The number of hydrogen-bond donors (Lipinski definition) is 0. The Kier molecular flexibility index (Phi) is 10.8. The molecule has 0 radical (unpaired) electrons. The van der Waals surface area contributed by atoms with Gasteiger partial charge >= 0.3 is 37.7 Å². The Balaban J connectivity index is 0.000000403. The molecular formula is C14H16CaO6P2. The van der Waals surface area contributed by atoms with Crippen molar-refractivity contribution in [2.75, 3.05) is 14.2 Å². The predicted octanol–water partition coefficient (Wildman–Crippen LogP) is 0.643. The van der Waals surface area contributed by atoms with E-state index >= 15 is 0 Å². The van der Waals surface area contributed by atoms with Gasteiger partial charge in [0.25, 0.3) is 0 Å². The molecule has 23 heavy (non-hydrogen) atoms. The van der Waals surface area contributed by atoms with Crippen molar-refractivity contribution in [3.8, 4) is 0 Å². The third-order valence-electron chi connectivity index (χ3n) is 2.63. The van der Waals surface area contributed by atoms with Crippen LogP contribution in [0.5, 0.6) is 0 Å². The van der Waals surface area contributed by atoms with Crippen LogP contribution >= 0.6 is 15.2 Å². The molecule has 0 heterocycles. The van der Waals surface area contributed by atoms with Crippen LogP contribution < -0.4 is 20.4 Å². The topological polar surface area (TPSA) is 98.7 Å². The molecule has 0 aliphatic heterocycles. The van der Waals surface area contributed by atoms with E-state index in [1.54, 1.807) is 36.4 Å². The van der Waals surface area contributed by atoms with Gasteiger partial charge in [-0.25, -0.2) is 0 Å². The SMILES string of the molecule is COP(=O)([O-])c1ccccc1.COP(=O)([O-])c1ccccc1.[Ca+2]. The van der Waals surface area contributed by atoms with Gasteiger partial charge in [-0.05, 0) is 0 Å². The summed E-state index contributed by atoms with van der Waals surface area (Å²) in [5.41, 5.74) is 0. The summed E-state index contributed by atoms with van der Waals surface area (Å²) >= 11 is 0. The first-order valence-corrected chi connectivity index (χ1v) is 9.27. The molecule has 0 saturated heterocycles. The molecule has 0 saturated carbocycles. The Bertz CT molecular complexity index is 606. The fourth-order valence-corrected chi connectivity index (χ4v) is 2.93. The van der Waals surface area contributed by atoms with Gasteiger partial charge < -0.3 is 28.0 Å². The summed E-state index contributed by atoms with van der Waals surface area (Å²) in [4.78, 5) is 22.0. The van der Waals surface area contributed by atoms with E-state index in [9.17, 15) is 18.9 Å². The van der Waals surface area contributed by atoms with E-state index in [4.69, 9.17) is 0 Å². The van der Waals surface area contributed by atoms with Gasteiger partial charge in [-0.1, -0.05) is 60.7 Å². The van der Waals surface area contributed by atoms with Crippen LogP contribution in [0.15, 0.2) is 60.7 Å². The quantitative estimate of drug-likeness (QED) is 0.569. The molecule has 2 aromatic carbocycles. The van der Waals surface area contributed by atoms with Crippen LogP contribution in [0.1, 0.15) is 0 Å². The van der Waals surface area contributed by atoms with Gasteiger partial charge in [0, 0.05) is 24.8 Å². The van der Waals surface area contributed by atoms with Crippen molar-refractivity contribution < 1.29 is 28.0 Å². The molecule has 0 aromatic heterocycles. The van der Waals surface area contributed by atoms with Crippen LogP contribution in [-0.2, 0) is 18.2 Å². The predicted molar refractivity (Wildman–Crippen MR) is 87.1 cm³/mol. The second kappa shape index (κ2) is 10.8. The molecule has 0 N–H and O–H groups in total. The van der Waals surface area contributed by atoms with Crippen LogP contribution in [-0.4, -0.2) is 52.0 Å². The molecule has 0 fully saturated rings. The van der Waals surface area contributed by atoms with Gasteiger partial charge in [0.1, 0.15) is 0 Å². The molecule has 0 spiro atoms. The van der Waals surface area contributed by atoms with Crippen molar-refractivity contribution >= 4 is 63.5 Å². The van der Waals surface area contributed by atoms with E-state index in [0.717, 1.165) is 14.2 Å². The first-order valence-electron chi connectivity index (χ1n) is 6.18. The van der Waals surface area contributed by atoms with Gasteiger partial charge in [0.15, 0.2) is 15.2 Å². The van der Waals surface area contributed by atoms with Crippen molar-refractivity contribution in [1.82, 2.24) is 0 Å². The molecule has 6 nitrogen and oxygen atoms in total. The standard InChI is InChI=1S/2C7H9O3P.Ca/c2*1-10-11(8,9)7-5-3-2-4-6-7;/h2*2-6H,1H3,(H,8,9);/q;;+2/p-2. The minimum absolute atomic E-state index is 0. The second-order valence-corrected chi connectivity index (χ2v) is 7.78. The van der Waals surface area contributed by atoms with E-state index in [2.05, 4.69) is 9.05 Å². The Morgan fingerprint density at radius 1 is 0.696 bits per heavy atom. The monoisotopic (exact) mass is 382 g/mol. The molecule has 0 bridgehead atoms. The van der Waals surface area contributed by atoms with Crippen molar-refractivity contribution in [3.05, 3.63) is 60.7 Å². The van der Waals surface area contributed by atoms with Crippen LogP contribution in [0.25, 0.3) is 0 Å². The summed E-state index contributed by atoms with van der Waals surface area (Å²) in [6.07, 6.45) is 0. The maximum atomic E-state index is 11.0. The number of rotatable bonds is 4. The van der Waals surface area contributed by atoms with E-state index < -0.39 is 15.2 Å². The minimum Gasteiger partial charge on any atom is -0.775 e. The minimum atomic E-state index is -3.78. The van der Waals surface area contributed by atoms with Crippen LogP contribution in [0.2, 0.25) is 0 Å². The third kappa shape index (κ3) is 7.61. The zero-order valence-corrected chi connectivity index (χ0v) is 16.8. The van der Waals surface area contributed by atoms with Crippen molar-refractivity contribution in [2.24, 2.45) is 0 Å². The summed E-state index contributed by atoms with van der Waals surface area (Å²) in [5, 5.41) is 0.421. The summed E-state index contributed by atoms with van der Waals surface area (Å²) in [6.45, 7) is 0. The molecule has 120 valence electrons. The van der Waals surface area contributed by atoms with Crippen molar-refractivity contribution in [2.45, 2.75) is 0 Å². The van der Waals surface area contributed by atoms with Gasteiger partial charge in [-0.15, -0.1) is 0 Å². The first-order chi connectivity index (χ1) is 10.3. The third-order valence-corrected chi connectivity index (χ3v) is 5.45. The maximum absolute atomic E-state index is 11.0. The zero-order valence-electron chi connectivity index (χ0n) is 12.8. The van der Waals surface area contributed by atoms with E-state index in [1.807, 2.05) is 0 Å². The Morgan fingerprint density at radius 2 is 0.957 bits per heavy atom. The summed E-state index contributed by atoms with van der Waals surface area (Å²) in [7, 11) is -5.24. The van der Waals surface area contributed by atoms with E-state index in [0.29, 0.717) is 0 Å². The van der Waals surface area contributed by atoms with E-state index in [1.165, 1.54) is 24.3 Å². The smallest absolute Gasteiger partial charge is 0.775 e. The molecule has 2 aromatic rings. The summed E-state index contributed by atoms with van der Waals surface area (Å²) in [6, 6.07) is 16.1. The van der Waals surface area contributed by atoms with Crippen molar-refractivity contribution in [1.29, 1.82) is 0 Å². The van der Waals surface area contributed by atoms with Gasteiger partial charge in [-0.3, -0.25) is 0 Å². The van der Waals surface area contributed by atoms with Gasteiger partial charge in [0.2, 0.25) is 0 Å². The first kappa shape index (κ1) is 23.0. The second-order valence-electron chi connectivity index (χ2n) is 4.03. The van der Waals surface area contributed by atoms with Crippen LogP contribution in [0.3, 0.4) is 0 Å². The van der Waals surface area contributed by atoms with Crippen LogP contribution in [0.4, 0.5) is 0 Å². The molecule has 0 aliphatic rings. The molecule has 2 rings (SSSR count). The van der Waals surface area contributed by atoms with E-state index in [-0.39, 0.29) is 48.3 Å². The Hall–Kier alpha value is -0.000260. The Labute approximate surface area is 165 Å². The average Bonchev–Trinajstić information content (AvgIpc) is 2.57. The van der Waals surface area contributed by atoms with Crippen LogP contribution in [0, 0.1) is 0 Å². The molecule has 2 unspecified atom stereocenters. The number of benzene rings is 2. The number of hydrogen-bond acceptors (Lipinski definition) is 6. The average molecular weight is 382 g/mol. The van der Waals surface area contributed by atoms with Gasteiger partial charge in [-0.2, -0.15) is 0 Å². The maximum Gasteiger partial charge on any atom is 2.00 e. The molecule has 0 amide bonds. The fourth-order valence-electron chi connectivity index (χ4n) is 1.43. The normalized spacial score (nSPS) is 15.1. The molecule has 0 aliphatic carbocycles. The van der Waals surface area contributed by atoms with Crippen molar-refractivity contribution in [3.63, 3.8) is 0 Å². The molecule has 9 heteroatoms. The molecular weight excluding hydrogens is 366 g/mol. The summed E-state index contributed by atoms with van der Waals surface area (Å²) in [5.74, 6) is 0.